The van der Waals surface area contributed by atoms with E-state index in [1.807, 2.05) is 13.8 Å². The van der Waals surface area contributed by atoms with E-state index in [1.165, 1.54) is 11.1 Å². The number of aliphatic hydroxyl groups excluding tert-OH is 2. The van der Waals surface area contributed by atoms with Crippen molar-refractivity contribution < 1.29 is 27.8 Å². The molecule has 5 rings (SSSR count). The molecule has 2 atom stereocenters. The Kier molecular flexibility index (Phi) is 6.34. The van der Waals surface area contributed by atoms with E-state index in [2.05, 4.69) is 25.4 Å². The minimum atomic E-state index is -4.51. The van der Waals surface area contributed by atoms with Crippen LogP contribution in [0.25, 0.3) is 10.9 Å². The van der Waals surface area contributed by atoms with E-state index in [9.17, 15) is 27.8 Å². The number of nitrogens with one attached hydrogen (secondary N) is 1. The molecule has 10 nitrogen and oxygen atoms in total. The highest BCUT2D eigenvalue weighted by atomic mass is 19.4. The summed E-state index contributed by atoms with van der Waals surface area (Å²) in [5, 5.41) is 27.3. The molecule has 3 N–H and O–H groups in total. The number of halogens is 4. The van der Waals surface area contributed by atoms with Gasteiger partial charge in [0.25, 0.3) is 0 Å². The van der Waals surface area contributed by atoms with Gasteiger partial charge in [0.2, 0.25) is 5.95 Å². The fourth-order valence-electron chi connectivity index (χ4n) is 4.69. The van der Waals surface area contributed by atoms with Gasteiger partial charge in [-0.05, 0) is 26.3 Å². The van der Waals surface area contributed by atoms with Crippen LogP contribution in [0.5, 0.6) is 0 Å². The molecule has 2 aliphatic rings. The van der Waals surface area contributed by atoms with Crippen molar-refractivity contribution >= 4 is 34.3 Å². The molecule has 2 aliphatic heterocycles. The minimum absolute atomic E-state index is 0.00636. The van der Waals surface area contributed by atoms with Gasteiger partial charge < -0.3 is 25.3 Å². The summed E-state index contributed by atoms with van der Waals surface area (Å²) >= 11 is 0. The molecule has 200 valence electrons. The summed E-state index contributed by atoms with van der Waals surface area (Å²) < 4.78 is 56.1. The molecule has 2 fully saturated rings. The fourth-order valence-corrected chi connectivity index (χ4v) is 4.69. The monoisotopic (exact) mass is 524 g/mol. The van der Waals surface area contributed by atoms with E-state index in [0.29, 0.717) is 40.8 Å². The number of anilines is 4. The number of nitrogens with zero attached hydrogens (tertiary/aromatic N) is 7. The molecule has 0 unspecified atom stereocenters. The van der Waals surface area contributed by atoms with Crippen LogP contribution >= 0.6 is 0 Å². The van der Waals surface area contributed by atoms with Crippen LogP contribution in [0.2, 0.25) is 0 Å². The normalized spacial score (nSPS) is 22.0. The van der Waals surface area contributed by atoms with Gasteiger partial charge in [-0.2, -0.15) is 23.3 Å². The van der Waals surface area contributed by atoms with E-state index in [1.54, 1.807) is 27.9 Å². The molecule has 37 heavy (non-hydrogen) atoms. The standard InChI is InChI=1S/C23H28F4N8O2/c1-13(2)35-16-7-19(30-18-3-5-28-21(31-18)33-6-4-17(37)15(24)9-33)29-8-14(16)20(32-35)34-10-22(11-34,12-36)23(25,26)27/h3,5,7-8,13,15,17,36-37H,4,6,9-12H2,1-2H3,(H,28,29,30,31)/t15-,17+/m1/s1. The first-order chi connectivity index (χ1) is 17.5. The number of fused-ring (bicyclic) bond motifs is 1. The van der Waals surface area contributed by atoms with E-state index < -0.39 is 30.5 Å². The molecule has 0 aromatic carbocycles. The second-order valence-corrected chi connectivity index (χ2v) is 9.93. The summed E-state index contributed by atoms with van der Waals surface area (Å²) in [7, 11) is 0. The molecule has 0 amide bonds. The van der Waals surface area contributed by atoms with Gasteiger partial charge in [-0.25, -0.2) is 14.4 Å². The fraction of sp³-hybridized carbons (Fsp3) is 0.565. The average molecular weight is 525 g/mol. The summed E-state index contributed by atoms with van der Waals surface area (Å²) in [4.78, 5) is 16.2. The third kappa shape index (κ3) is 4.52. The quantitative estimate of drug-likeness (QED) is 0.419. The Hall–Kier alpha value is -3.26. The number of pyridine rings is 1. The summed E-state index contributed by atoms with van der Waals surface area (Å²) in [5.74, 6) is 1.57. The van der Waals surface area contributed by atoms with Gasteiger partial charge in [0, 0.05) is 44.1 Å². The van der Waals surface area contributed by atoms with Crippen LogP contribution in [0.4, 0.5) is 41.0 Å². The number of piperidine rings is 1. The third-order valence-corrected chi connectivity index (χ3v) is 6.94. The van der Waals surface area contributed by atoms with Crippen molar-refractivity contribution in [3.8, 4) is 0 Å². The molecule has 2 saturated heterocycles. The van der Waals surface area contributed by atoms with Crippen LogP contribution < -0.4 is 15.1 Å². The molecular formula is C23H28F4N8O2. The Morgan fingerprint density at radius 1 is 1.19 bits per heavy atom. The SMILES string of the molecule is CC(C)n1nc(N2CC(CO)(C(F)(F)F)C2)c2cnc(Nc3ccnc(N4CC[C@H](O)[C@H](F)C4)n3)cc21. The number of alkyl halides is 4. The third-order valence-electron chi connectivity index (χ3n) is 6.94. The lowest BCUT2D eigenvalue weighted by atomic mass is 9.79. The number of hydrogen-bond donors (Lipinski definition) is 3. The van der Waals surface area contributed by atoms with Crippen LogP contribution in [0, 0.1) is 5.41 Å². The van der Waals surface area contributed by atoms with Crippen molar-refractivity contribution in [3.05, 3.63) is 24.5 Å². The Morgan fingerprint density at radius 3 is 2.59 bits per heavy atom. The van der Waals surface area contributed by atoms with Crippen LogP contribution in [-0.4, -0.2) is 86.2 Å². The van der Waals surface area contributed by atoms with E-state index in [-0.39, 0.29) is 32.1 Å². The highest BCUT2D eigenvalue weighted by Gasteiger charge is 2.62. The Morgan fingerprint density at radius 2 is 1.95 bits per heavy atom. The van der Waals surface area contributed by atoms with Crippen molar-refractivity contribution in [2.75, 3.05) is 47.9 Å². The molecular weight excluding hydrogens is 496 g/mol. The van der Waals surface area contributed by atoms with Crippen molar-refractivity contribution in [2.24, 2.45) is 5.41 Å². The van der Waals surface area contributed by atoms with E-state index >= 15 is 0 Å². The zero-order chi connectivity index (χ0) is 26.5. The molecule has 0 radical (unpaired) electrons. The molecule has 3 aromatic rings. The maximum Gasteiger partial charge on any atom is 0.400 e. The summed E-state index contributed by atoms with van der Waals surface area (Å²) in [6, 6.07) is 3.30. The summed E-state index contributed by atoms with van der Waals surface area (Å²) in [6.45, 7) is 2.51. The second kappa shape index (κ2) is 9.24. The van der Waals surface area contributed by atoms with Gasteiger partial charge in [-0.15, -0.1) is 0 Å². The zero-order valence-electron chi connectivity index (χ0n) is 20.3. The lowest BCUT2D eigenvalue weighted by Crippen LogP contribution is -2.65. The highest BCUT2D eigenvalue weighted by molar-refractivity contribution is 5.92. The highest BCUT2D eigenvalue weighted by Crippen LogP contribution is 2.47. The van der Waals surface area contributed by atoms with Gasteiger partial charge in [-0.1, -0.05) is 0 Å². The molecule has 0 spiro atoms. The number of hydrogen-bond acceptors (Lipinski definition) is 9. The lowest BCUT2D eigenvalue weighted by molar-refractivity contribution is -0.243. The molecule has 5 heterocycles. The average Bonchev–Trinajstić information content (AvgIpc) is 3.19. The maximum absolute atomic E-state index is 14.0. The molecule has 14 heteroatoms. The molecule has 0 saturated carbocycles. The summed E-state index contributed by atoms with van der Waals surface area (Å²) in [6.07, 6.45) is -3.52. The first-order valence-corrected chi connectivity index (χ1v) is 12.0. The van der Waals surface area contributed by atoms with E-state index in [4.69, 9.17) is 0 Å². The lowest BCUT2D eigenvalue weighted by Gasteiger charge is -2.49. The molecule has 3 aromatic heterocycles. The van der Waals surface area contributed by atoms with Crippen LogP contribution in [0.1, 0.15) is 26.3 Å². The van der Waals surface area contributed by atoms with Gasteiger partial charge in [0.1, 0.15) is 23.2 Å². The number of rotatable bonds is 6. The second-order valence-electron chi connectivity index (χ2n) is 9.93. The predicted molar refractivity (Wildman–Crippen MR) is 129 cm³/mol. The summed E-state index contributed by atoms with van der Waals surface area (Å²) in [5.41, 5.74) is -1.48. The van der Waals surface area contributed by atoms with Gasteiger partial charge in [0.05, 0.1) is 30.2 Å². The Balaban J connectivity index is 1.39. The topological polar surface area (TPSA) is 115 Å². The van der Waals surface area contributed by atoms with Crippen LogP contribution in [0.15, 0.2) is 24.5 Å². The van der Waals surface area contributed by atoms with Crippen LogP contribution in [-0.2, 0) is 0 Å². The van der Waals surface area contributed by atoms with Crippen molar-refractivity contribution in [1.29, 1.82) is 0 Å². The van der Waals surface area contributed by atoms with Gasteiger partial charge >= 0.3 is 6.18 Å². The zero-order valence-corrected chi connectivity index (χ0v) is 20.3. The largest absolute Gasteiger partial charge is 0.400 e. The van der Waals surface area contributed by atoms with Gasteiger partial charge in [-0.3, -0.25) is 4.68 Å². The smallest absolute Gasteiger partial charge is 0.395 e. The molecule has 0 aliphatic carbocycles. The molecule has 0 bridgehead atoms. The van der Waals surface area contributed by atoms with Crippen LogP contribution in [0.3, 0.4) is 0 Å². The Bertz CT molecular complexity index is 1280. The van der Waals surface area contributed by atoms with Crippen molar-refractivity contribution in [2.45, 2.75) is 44.8 Å². The van der Waals surface area contributed by atoms with Gasteiger partial charge in [0.15, 0.2) is 5.82 Å². The minimum Gasteiger partial charge on any atom is -0.395 e. The Labute approximate surface area is 209 Å². The first-order valence-electron chi connectivity index (χ1n) is 12.0. The van der Waals surface area contributed by atoms with Crippen molar-refractivity contribution in [3.63, 3.8) is 0 Å². The number of aromatic nitrogens is 5. The van der Waals surface area contributed by atoms with Crippen molar-refractivity contribution in [1.82, 2.24) is 24.7 Å². The maximum atomic E-state index is 14.0. The first kappa shape index (κ1) is 25.4. The van der Waals surface area contributed by atoms with E-state index in [0.717, 1.165) is 0 Å². The predicted octanol–water partition coefficient (Wildman–Crippen LogP) is 2.82. The number of aliphatic hydroxyl groups is 2.